The van der Waals surface area contributed by atoms with E-state index < -0.39 is 4.92 Å². The van der Waals surface area contributed by atoms with Crippen molar-refractivity contribution in [2.45, 2.75) is 6.61 Å². The molecule has 3 rings (SSSR count). The molecule has 0 spiro atoms. The summed E-state index contributed by atoms with van der Waals surface area (Å²) in [6.45, 7) is 0.221. The molecule has 0 aromatic heterocycles. The average molecular weight is 418 g/mol. The number of non-ortho nitro benzene ring substituents is 1. The minimum atomic E-state index is -0.453. The molecule has 0 unspecified atom stereocenters. The molecule has 2 aromatic carbocycles. The SMILES string of the molecule is CN1C(=O)C(=Cc2ccc(OCc3ccc([N+](=O)[O-])cc3)c(Cl)c2)N(C)C1=S. The first-order valence-corrected chi connectivity index (χ1v) is 8.99. The number of carbonyl (C=O) groups excluding carboxylic acids is 1. The normalized spacial score (nSPS) is 15.5. The molecule has 0 saturated carbocycles. The highest BCUT2D eigenvalue weighted by Gasteiger charge is 2.32. The number of carbonyl (C=O) groups is 1. The summed E-state index contributed by atoms with van der Waals surface area (Å²) in [4.78, 5) is 25.5. The maximum Gasteiger partial charge on any atom is 0.276 e. The molecular formula is C19H16ClN3O4S. The van der Waals surface area contributed by atoms with Gasteiger partial charge >= 0.3 is 0 Å². The molecule has 0 atom stereocenters. The van der Waals surface area contributed by atoms with Gasteiger partial charge in [-0.05, 0) is 53.7 Å². The Morgan fingerprint density at radius 3 is 2.39 bits per heavy atom. The summed E-state index contributed by atoms with van der Waals surface area (Å²) < 4.78 is 5.70. The van der Waals surface area contributed by atoms with Crippen molar-refractivity contribution >= 4 is 46.6 Å². The Bertz CT molecular complexity index is 991. The number of thiocarbonyl (C=S) groups is 1. The second-order valence-electron chi connectivity index (χ2n) is 6.14. The second kappa shape index (κ2) is 7.95. The van der Waals surface area contributed by atoms with Crippen molar-refractivity contribution in [2.75, 3.05) is 14.1 Å². The molecule has 1 amide bonds. The number of ether oxygens (including phenoxy) is 1. The summed E-state index contributed by atoms with van der Waals surface area (Å²) in [5, 5.41) is 11.5. The molecular weight excluding hydrogens is 402 g/mol. The van der Waals surface area contributed by atoms with Crippen LogP contribution in [0.3, 0.4) is 0 Å². The molecule has 7 nitrogen and oxygen atoms in total. The number of benzene rings is 2. The van der Waals surface area contributed by atoms with Gasteiger partial charge in [0.2, 0.25) is 0 Å². The summed E-state index contributed by atoms with van der Waals surface area (Å²) >= 11 is 11.5. The fourth-order valence-corrected chi connectivity index (χ4v) is 3.07. The van der Waals surface area contributed by atoms with Crippen LogP contribution in [0.1, 0.15) is 11.1 Å². The lowest BCUT2D eigenvalue weighted by molar-refractivity contribution is -0.384. The van der Waals surface area contributed by atoms with Crippen molar-refractivity contribution in [1.82, 2.24) is 9.80 Å². The monoisotopic (exact) mass is 417 g/mol. The largest absolute Gasteiger partial charge is 0.487 e. The Morgan fingerprint density at radius 2 is 1.86 bits per heavy atom. The first-order valence-electron chi connectivity index (χ1n) is 8.21. The summed E-state index contributed by atoms with van der Waals surface area (Å²) in [6, 6.07) is 11.3. The van der Waals surface area contributed by atoms with E-state index >= 15 is 0 Å². The highest BCUT2D eigenvalue weighted by Crippen LogP contribution is 2.29. The fourth-order valence-electron chi connectivity index (χ4n) is 2.65. The van der Waals surface area contributed by atoms with Crippen LogP contribution in [0.5, 0.6) is 5.75 Å². The van der Waals surface area contributed by atoms with Gasteiger partial charge in [0.1, 0.15) is 18.1 Å². The van der Waals surface area contributed by atoms with Crippen molar-refractivity contribution < 1.29 is 14.5 Å². The minimum absolute atomic E-state index is 0.0238. The van der Waals surface area contributed by atoms with Crippen LogP contribution in [0.2, 0.25) is 5.02 Å². The topological polar surface area (TPSA) is 75.9 Å². The molecule has 0 N–H and O–H groups in total. The number of nitrogens with zero attached hydrogens (tertiary/aromatic N) is 3. The predicted molar refractivity (Wildman–Crippen MR) is 110 cm³/mol. The molecule has 1 aliphatic rings. The standard InChI is InChI=1S/C19H16ClN3O4S/c1-21-16(18(24)22(2)19(21)28)10-13-5-8-17(15(20)9-13)27-11-12-3-6-14(7-4-12)23(25)26/h3-10H,11H2,1-2H3. The third kappa shape index (κ3) is 3.97. The van der Waals surface area contributed by atoms with Crippen LogP contribution in [0.25, 0.3) is 6.08 Å². The van der Waals surface area contributed by atoms with Crippen molar-refractivity contribution in [2.24, 2.45) is 0 Å². The Labute approximate surface area is 171 Å². The van der Waals surface area contributed by atoms with Gasteiger partial charge in [0, 0.05) is 26.2 Å². The van der Waals surface area contributed by atoms with Crippen LogP contribution in [0.4, 0.5) is 5.69 Å². The molecule has 28 heavy (non-hydrogen) atoms. The van der Waals surface area contributed by atoms with Crippen LogP contribution in [0.15, 0.2) is 48.2 Å². The number of rotatable bonds is 5. The van der Waals surface area contributed by atoms with Gasteiger partial charge in [-0.2, -0.15) is 0 Å². The first-order chi connectivity index (χ1) is 13.3. The van der Waals surface area contributed by atoms with E-state index in [0.717, 1.165) is 11.1 Å². The third-order valence-corrected chi connectivity index (χ3v) is 5.10. The number of likely N-dealkylation sites (N-methyl/N-ethyl adjacent to an activating group) is 2. The zero-order valence-corrected chi connectivity index (χ0v) is 16.7. The van der Waals surface area contributed by atoms with Crippen LogP contribution in [0, 0.1) is 10.1 Å². The van der Waals surface area contributed by atoms with Crippen LogP contribution < -0.4 is 4.74 Å². The van der Waals surface area contributed by atoms with Gasteiger partial charge in [-0.3, -0.25) is 19.8 Å². The number of halogens is 1. The van der Waals surface area contributed by atoms with E-state index in [9.17, 15) is 14.9 Å². The molecule has 9 heteroatoms. The number of nitro benzene ring substituents is 1. The summed E-state index contributed by atoms with van der Waals surface area (Å²) in [6.07, 6.45) is 1.71. The van der Waals surface area contributed by atoms with Gasteiger partial charge in [-0.15, -0.1) is 0 Å². The Balaban J connectivity index is 1.72. The number of nitro groups is 1. The molecule has 0 radical (unpaired) electrons. The second-order valence-corrected chi connectivity index (χ2v) is 6.91. The van der Waals surface area contributed by atoms with E-state index in [1.165, 1.54) is 17.0 Å². The van der Waals surface area contributed by atoms with E-state index in [1.54, 1.807) is 55.4 Å². The zero-order chi connectivity index (χ0) is 20.4. The highest BCUT2D eigenvalue weighted by atomic mass is 35.5. The first kappa shape index (κ1) is 19.8. The van der Waals surface area contributed by atoms with Gasteiger partial charge in [0.25, 0.3) is 11.6 Å². The molecule has 1 aliphatic heterocycles. The van der Waals surface area contributed by atoms with Crippen molar-refractivity contribution in [1.29, 1.82) is 0 Å². The van der Waals surface area contributed by atoms with Crippen LogP contribution in [-0.4, -0.2) is 39.8 Å². The summed E-state index contributed by atoms with van der Waals surface area (Å²) in [7, 11) is 3.36. The number of hydrogen-bond donors (Lipinski definition) is 0. The Hall–Kier alpha value is -2.97. The maximum absolute atomic E-state index is 12.2. The van der Waals surface area contributed by atoms with Gasteiger partial charge in [0.05, 0.1) is 9.95 Å². The predicted octanol–water partition coefficient (Wildman–Crippen LogP) is 3.86. The molecule has 144 valence electrons. The molecule has 1 heterocycles. The van der Waals surface area contributed by atoms with Crippen LogP contribution >= 0.6 is 23.8 Å². The molecule has 2 aromatic rings. The van der Waals surface area contributed by atoms with Crippen LogP contribution in [-0.2, 0) is 11.4 Å². The van der Waals surface area contributed by atoms with E-state index in [4.69, 9.17) is 28.6 Å². The highest BCUT2D eigenvalue weighted by molar-refractivity contribution is 7.80. The summed E-state index contributed by atoms with van der Waals surface area (Å²) in [5.41, 5.74) is 2.00. The lowest BCUT2D eigenvalue weighted by Gasteiger charge is -2.11. The van der Waals surface area contributed by atoms with Gasteiger partial charge in [0.15, 0.2) is 5.11 Å². The third-order valence-electron chi connectivity index (χ3n) is 4.26. The average Bonchev–Trinajstić information content (AvgIpc) is 2.85. The van der Waals surface area contributed by atoms with Crippen molar-refractivity contribution in [3.63, 3.8) is 0 Å². The van der Waals surface area contributed by atoms with E-state index in [1.807, 2.05) is 0 Å². The minimum Gasteiger partial charge on any atom is -0.487 e. The van der Waals surface area contributed by atoms with E-state index in [0.29, 0.717) is 21.6 Å². The summed E-state index contributed by atoms with van der Waals surface area (Å²) in [5.74, 6) is 0.294. The quantitative estimate of drug-likeness (QED) is 0.318. The molecule has 1 saturated heterocycles. The van der Waals surface area contributed by atoms with Crippen molar-refractivity contribution in [3.05, 3.63) is 74.4 Å². The lowest BCUT2D eigenvalue weighted by atomic mass is 10.1. The molecule has 0 bridgehead atoms. The number of hydrogen-bond acceptors (Lipinski definition) is 5. The Kier molecular flexibility index (Phi) is 5.62. The smallest absolute Gasteiger partial charge is 0.276 e. The zero-order valence-electron chi connectivity index (χ0n) is 15.1. The molecule has 1 fully saturated rings. The van der Waals surface area contributed by atoms with Gasteiger partial charge in [-0.1, -0.05) is 17.7 Å². The molecule has 0 aliphatic carbocycles. The number of amides is 1. The fraction of sp³-hybridized carbons (Fsp3) is 0.158. The van der Waals surface area contributed by atoms with Gasteiger partial charge in [-0.25, -0.2) is 0 Å². The lowest BCUT2D eigenvalue weighted by Crippen LogP contribution is -2.26. The Morgan fingerprint density at radius 1 is 1.18 bits per heavy atom. The van der Waals surface area contributed by atoms with E-state index in [2.05, 4.69) is 0 Å². The maximum atomic E-state index is 12.2. The van der Waals surface area contributed by atoms with E-state index in [-0.39, 0.29) is 18.2 Å². The van der Waals surface area contributed by atoms with Crippen molar-refractivity contribution in [3.8, 4) is 5.75 Å². The van der Waals surface area contributed by atoms with Gasteiger partial charge < -0.3 is 9.64 Å².